The lowest BCUT2D eigenvalue weighted by molar-refractivity contribution is -0.136. The number of nitrogens with zero attached hydrogens (tertiary/aromatic N) is 2. The standard InChI is InChI=1S/C22H30N2O3/c1-13-16(11-25)15-10-20-22(8-9-23(20)3)18-6-4-5-7-19(18)24(14(2)26)21(22)17(15)12-27-13/h4-7,13,15-17,20-21,25H,8-12H2,1-3H3/t13-,15+,16-,17-,20+,21+,22?/m1/s1. The van der Waals surface area contributed by atoms with Gasteiger partial charge in [0.05, 0.1) is 18.8 Å². The molecule has 3 aliphatic heterocycles. The van der Waals surface area contributed by atoms with E-state index in [2.05, 4.69) is 42.0 Å². The molecule has 3 fully saturated rings. The highest BCUT2D eigenvalue weighted by molar-refractivity contribution is 5.96. The zero-order valence-corrected chi connectivity index (χ0v) is 16.5. The summed E-state index contributed by atoms with van der Waals surface area (Å²) in [6.45, 7) is 5.68. The zero-order chi connectivity index (χ0) is 18.9. The number of carbonyl (C=O) groups is 1. The summed E-state index contributed by atoms with van der Waals surface area (Å²) >= 11 is 0. The fourth-order valence-corrected chi connectivity index (χ4v) is 7.07. The van der Waals surface area contributed by atoms with Crippen molar-refractivity contribution >= 4 is 11.6 Å². The summed E-state index contributed by atoms with van der Waals surface area (Å²) in [6, 6.07) is 9.06. The fourth-order valence-electron chi connectivity index (χ4n) is 7.07. The molecular formula is C22H30N2O3. The molecule has 0 radical (unpaired) electrons. The molecule has 0 bridgehead atoms. The Bertz CT molecular complexity index is 768. The highest BCUT2D eigenvalue weighted by atomic mass is 16.5. The Labute approximate surface area is 161 Å². The summed E-state index contributed by atoms with van der Waals surface area (Å²) in [6.07, 6.45) is 2.24. The second-order valence-electron chi connectivity index (χ2n) is 9.09. The van der Waals surface area contributed by atoms with E-state index >= 15 is 0 Å². The van der Waals surface area contributed by atoms with Crippen molar-refractivity contribution in [3.05, 3.63) is 29.8 Å². The van der Waals surface area contributed by atoms with Gasteiger partial charge >= 0.3 is 0 Å². The minimum absolute atomic E-state index is 0.0118. The van der Waals surface area contributed by atoms with Gasteiger partial charge in [0.2, 0.25) is 5.91 Å². The van der Waals surface area contributed by atoms with Crippen molar-refractivity contribution in [1.82, 2.24) is 4.90 Å². The van der Waals surface area contributed by atoms with Gasteiger partial charge in [-0.15, -0.1) is 0 Å². The van der Waals surface area contributed by atoms with E-state index in [9.17, 15) is 9.90 Å². The normalized spacial score (nSPS) is 43.0. The molecule has 3 heterocycles. The van der Waals surface area contributed by atoms with E-state index in [4.69, 9.17) is 4.74 Å². The van der Waals surface area contributed by atoms with Crippen LogP contribution in [-0.2, 0) is 14.9 Å². The van der Waals surface area contributed by atoms with Crippen LogP contribution in [0.4, 0.5) is 5.69 Å². The molecule has 1 N–H and O–H groups in total. The molecule has 27 heavy (non-hydrogen) atoms. The maximum Gasteiger partial charge on any atom is 0.224 e. The molecule has 4 aliphatic rings. The van der Waals surface area contributed by atoms with Gasteiger partial charge in [0.1, 0.15) is 0 Å². The van der Waals surface area contributed by atoms with Crippen molar-refractivity contribution in [2.24, 2.45) is 17.8 Å². The van der Waals surface area contributed by atoms with E-state index in [0.29, 0.717) is 18.6 Å². The van der Waals surface area contributed by atoms with Crippen molar-refractivity contribution in [3.8, 4) is 0 Å². The first-order valence-electron chi connectivity index (χ1n) is 10.3. The number of ether oxygens (including phenoxy) is 1. The Morgan fingerprint density at radius 2 is 2.11 bits per heavy atom. The molecule has 1 spiro atoms. The van der Waals surface area contributed by atoms with E-state index in [1.54, 1.807) is 6.92 Å². The molecule has 5 rings (SSSR count). The van der Waals surface area contributed by atoms with Crippen LogP contribution in [0, 0.1) is 17.8 Å². The minimum atomic E-state index is -0.0118. The average molecular weight is 370 g/mol. The molecule has 5 heteroatoms. The average Bonchev–Trinajstić information content (AvgIpc) is 3.15. The second kappa shape index (κ2) is 6.03. The van der Waals surface area contributed by atoms with E-state index in [1.165, 1.54) is 5.56 Å². The molecule has 1 aromatic rings. The Balaban J connectivity index is 1.70. The number of likely N-dealkylation sites (tertiary alicyclic amines) is 1. The molecule has 0 aromatic heterocycles. The van der Waals surface area contributed by atoms with Crippen molar-refractivity contribution in [2.45, 2.75) is 50.3 Å². The van der Waals surface area contributed by atoms with Gasteiger partial charge in [-0.1, -0.05) is 18.2 Å². The van der Waals surface area contributed by atoms with Gasteiger partial charge in [-0.2, -0.15) is 0 Å². The van der Waals surface area contributed by atoms with Crippen LogP contribution >= 0.6 is 0 Å². The quantitative estimate of drug-likeness (QED) is 0.822. The maximum absolute atomic E-state index is 12.8. The minimum Gasteiger partial charge on any atom is -0.396 e. The highest BCUT2D eigenvalue weighted by Gasteiger charge is 2.67. The van der Waals surface area contributed by atoms with Gasteiger partial charge in [-0.3, -0.25) is 4.79 Å². The number of benzene rings is 1. The smallest absolute Gasteiger partial charge is 0.224 e. The van der Waals surface area contributed by atoms with Gasteiger partial charge in [-0.25, -0.2) is 0 Å². The summed E-state index contributed by atoms with van der Waals surface area (Å²) in [7, 11) is 2.23. The number of fused-ring (bicyclic) bond motifs is 3. The van der Waals surface area contributed by atoms with Gasteiger partial charge in [0, 0.05) is 42.5 Å². The topological polar surface area (TPSA) is 53.0 Å². The van der Waals surface area contributed by atoms with Crippen LogP contribution in [0.25, 0.3) is 0 Å². The Morgan fingerprint density at radius 1 is 1.33 bits per heavy atom. The summed E-state index contributed by atoms with van der Waals surface area (Å²) in [4.78, 5) is 17.4. The van der Waals surface area contributed by atoms with Crippen LogP contribution in [0.2, 0.25) is 0 Å². The molecule has 2 saturated heterocycles. The van der Waals surface area contributed by atoms with E-state index in [1.807, 2.05) is 6.07 Å². The molecule has 5 nitrogen and oxygen atoms in total. The van der Waals surface area contributed by atoms with Crippen LogP contribution in [0.5, 0.6) is 0 Å². The number of likely N-dealkylation sites (N-methyl/N-ethyl adjacent to an activating group) is 1. The summed E-state index contributed by atoms with van der Waals surface area (Å²) in [5, 5.41) is 10.1. The summed E-state index contributed by atoms with van der Waals surface area (Å²) in [5.74, 6) is 0.932. The predicted molar refractivity (Wildman–Crippen MR) is 104 cm³/mol. The van der Waals surface area contributed by atoms with Crippen molar-refractivity contribution < 1.29 is 14.6 Å². The summed E-state index contributed by atoms with van der Waals surface area (Å²) in [5.41, 5.74) is 2.43. The lowest BCUT2D eigenvalue weighted by atomic mass is 9.55. The van der Waals surface area contributed by atoms with Crippen LogP contribution < -0.4 is 4.90 Å². The number of aliphatic hydroxyl groups is 1. The van der Waals surface area contributed by atoms with Gasteiger partial charge in [0.25, 0.3) is 0 Å². The second-order valence-corrected chi connectivity index (χ2v) is 9.09. The van der Waals surface area contributed by atoms with Crippen LogP contribution in [0.1, 0.15) is 32.3 Å². The van der Waals surface area contributed by atoms with Crippen LogP contribution in [0.3, 0.4) is 0 Å². The lowest BCUT2D eigenvalue weighted by Gasteiger charge is -2.56. The van der Waals surface area contributed by atoms with E-state index in [-0.39, 0.29) is 41.9 Å². The van der Waals surface area contributed by atoms with Gasteiger partial charge in [0.15, 0.2) is 0 Å². The largest absolute Gasteiger partial charge is 0.396 e. The SMILES string of the molecule is CC(=O)N1c2ccccc2C23CCN(C)[C@H]2C[C@@H]2[C@@H](CO[C@H](C)[C@H]2CO)[C@H]13. The number of hydrogen-bond acceptors (Lipinski definition) is 4. The third kappa shape index (κ3) is 2.13. The first-order chi connectivity index (χ1) is 13.0. The van der Waals surface area contributed by atoms with Crippen molar-refractivity contribution in [2.75, 3.05) is 31.7 Å². The number of anilines is 1. The molecule has 1 aliphatic carbocycles. The molecule has 1 saturated carbocycles. The van der Waals surface area contributed by atoms with Crippen LogP contribution in [0.15, 0.2) is 24.3 Å². The number of aliphatic hydroxyl groups excluding tert-OH is 1. The summed E-state index contributed by atoms with van der Waals surface area (Å²) < 4.78 is 6.15. The first kappa shape index (κ1) is 17.7. The Hall–Kier alpha value is -1.43. The number of rotatable bonds is 1. The number of hydrogen-bond donors (Lipinski definition) is 1. The molecule has 146 valence electrons. The molecule has 7 atom stereocenters. The van der Waals surface area contributed by atoms with Gasteiger partial charge in [-0.05, 0) is 50.9 Å². The Kier molecular flexibility index (Phi) is 3.94. The predicted octanol–water partition coefficient (Wildman–Crippen LogP) is 2.03. The monoisotopic (exact) mass is 370 g/mol. The molecule has 1 amide bonds. The van der Waals surface area contributed by atoms with E-state index < -0.39 is 0 Å². The van der Waals surface area contributed by atoms with E-state index in [0.717, 1.165) is 25.1 Å². The number of amides is 1. The fraction of sp³-hybridized carbons (Fsp3) is 0.682. The molecular weight excluding hydrogens is 340 g/mol. The number of para-hydroxylation sites is 1. The zero-order valence-electron chi connectivity index (χ0n) is 16.5. The maximum atomic E-state index is 12.8. The lowest BCUT2D eigenvalue weighted by Crippen LogP contribution is -2.65. The Morgan fingerprint density at radius 3 is 2.85 bits per heavy atom. The van der Waals surface area contributed by atoms with Gasteiger partial charge < -0.3 is 19.6 Å². The highest BCUT2D eigenvalue weighted by Crippen LogP contribution is 2.62. The third-order valence-corrected chi connectivity index (χ3v) is 8.18. The van der Waals surface area contributed by atoms with Crippen molar-refractivity contribution in [3.63, 3.8) is 0 Å². The van der Waals surface area contributed by atoms with Crippen molar-refractivity contribution in [1.29, 1.82) is 0 Å². The third-order valence-electron chi connectivity index (χ3n) is 8.18. The number of carbonyl (C=O) groups excluding carboxylic acids is 1. The first-order valence-corrected chi connectivity index (χ1v) is 10.3. The van der Waals surface area contributed by atoms with Crippen LogP contribution in [-0.4, -0.2) is 60.9 Å². The molecule has 1 unspecified atom stereocenters. The molecule has 1 aromatic carbocycles.